The van der Waals surface area contributed by atoms with Gasteiger partial charge in [0.25, 0.3) is 0 Å². The van der Waals surface area contributed by atoms with Gasteiger partial charge in [-0.1, -0.05) is 25.4 Å². The van der Waals surface area contributed by atoms with Crippen molar-refractivity contribution in [2.24, 2.45) is 5.92 Å². The van der Waals surface area contributed by atoms with Crippen molar-refractivity contribution in [3.8, 4) is 5.75 Å². The van der Waals surface area contributed by atoms with Crippen LogP contribution in [0, 0.1) is 5.92 Å². The van der Waals surface area contributed by atoms with Gasteiger partial charge in [0.2, 0.25) is 0 Å². The summed E-state index contributed by atoms with van der Waals surface area (Å²) in [7, 11) is 0. The lowest BCUT2D eigenvalue weighted by atomic mass is 9.94. The molecule has 0 bridgehead atoms. The molecule has 128 valence electrons. The number of benzene rings is 1. The summed E-state index contributed by atoms with van der Waals surface area (Å²) in [5.74, 6) is 0.825. The highest BCUT2D eigenvalue weighted by molar-refractivity contribution is 9.10. The predicted octanol–water partition coefficient (Wildman–Crippen LogP) is 4.64. The van der Waals surface area contributed by atoms with Gasteiger partial charge in [-0.15, -0.1) is 24.8 Å². The van der Waals surface area contributed by atoms with Gasteiger partial charge in [-0.2, -0.15) is 0 Å². The third kappa shape index (κ3) is 5.43. The number of nitrogens with one attached hydrogen (secondary N) is 1. The number of nitrogens with zero attached hydrogens (tertiary/aromatic N) is 1. The first-order valence-corrected chi connectivity index (χ1v) is 8.29. The lowest BCUT2D eigenvalue weighted by molar-refractivity contribution is 0.151. The minimum atomic E-state index is 0. The lowest BCUT2D eigenvalue weighted by Gasteiger charge is -2.37. The summed E-state index contributed by atoms with van der Waals surface area (Å²) < 4.78 is 0.709. The van der Waals surface area contributed by atoms with Crippen molar-refractivity contribution in [2.75, 3.05) is 26.2 Å². The van der Waals surface area contributed by atoms with Crippen molar-refractivity contribution in [1.82, 2.24) is 10.2 Å². The zero-order valence-corrected chi connectivity index (χ0v) is 16.8. The first-order chi connectivity index (χ1) is 9.50. The molecule has 0 saturated carbocycles. The SMILES string of the molecule is CC(C)C[C@@H](c1c(Cl)ccc(Br)c1O)N1CCNCC1.Cl.Cl. The fourth-order valence-electron chi connectivity index (χ4n) is 2.76. The number of hydrogen-bond acceptors (Lipinski definition) is 3. The third-order valence-electron chi connectivity index (χ3n) is 3.73. The van der Waals surface area contributed by atoms with Gasteiger partial charge in [0, 0.05) is 42.8 Å². The van der Waals surface area contributed by atoms with Crippen LogP contribution in [-0.2, 0) is 0 Å². The molecule has 1 aromatic rings. The van der Waals surface area contributed by atoms with Gasteiger partial charge in [-0.3, -0.25) is 4.90 Å². The highest BCUT2D eigenvalue weighted by Gasteiger charge is 2.28. The van der Waals surface area contributed by atoms with Gasteiger partial charge in [0.15, 0.2) is 0 Å². The molecular formula is C15H24BrCl3N2O. The summed E-state index contributed by atoms with van der Waals surface area (Å²) >= 11 is 9.78. The molecule has 0 radical (unpaired) electrons. The van der Waals surface area contributed by atoms with E-state index in [2.05, 4.69) is 40.0 Å². The van der Waals surface area contributed by atoms with Crippen molar-refractivity contribution >= 4 is 52.3 Å². The smallest absolute Gasteiger partial charge is 0.136 e. The number of phenolic OH excluding ortho intramolecular Hbond substituents is 1. The molecule has 1 atom stereocenters. The summed E-state index contributed by atoms with van der Waals surface area (Å²) in [6.07, 6.45) is 0.990. The Kier molecular flexibility index (Phi) is 10.4. The van der Waals surface area contributed by atoms with Crippen LogP contribution in [0.3, 0.4) is 0 Å². The number of phenols is 1. The summed E-state index contributed by atoms with van der Waals surface area (Å²) in [5.41, 5.74) is 0.858. The molecule has 2 rings (SSSR count). The zero-order chi connectivity index (χ0) is 14.7. The molecule has 1 saturated heterocycles. The van der Waals surface area contributed by atoms with Crippen LogP contribution in [0.5, 0.6) is 5.75 Å². The lowest BCUT2D eigenvalue weighted by Crippen LogP contribution is -2.45. The van der Waals surface area contributed by atoms with E-state index in [0.717, 1.165) is 38.2 Å². The molecule has 22 heavy (non-hydrogen) atoms. The molecule has 1 aromatic carbocycles. The maximum Gasteiger partial charge on any atom is 0.136 e. The molecule has 2 N–H and O–H groups in total. The molecule has 0 aromatic heterocycles. The van der Waals surface area contributed by atoms with Gasteiger partial charge in [-0.25, -0.2) is 0 Å². The second-order valence-corrected chi connectivity index (χ2v) is 6.98. The van der Waals surface area contributed by atoms with E-state index in [-0.39, 0.29) is 36.6 Å². The van der Waals surface area contributed by atoms with Crippen LogP contribution >= 0.6 is 52.3 Å². The maximum absolute atomic E-state index is 10.4. The number of piperazine rings is 1. The van der Waals surface area contributed by atoms with E-state index in [9.17, 15) is 5.11 Å². The first-order valence-electron chi connectivity index (χ1n) is 7.12. The van der Waals surface area contributed by atoms with E-state index < -0.39 is 0 Å². The molecule has 3 nitrogen and oxygen atoms in total. The first kappa shape index (κ1) is 22.3. The van der Waals surface area contributed by atoms with Gasteiger partial charge >= 0.3 is 0 Å². The summed E-state index contributed by atoms with van der Waals surface area (Å²) in [5, 5.41) is 14.4. The zero-order valence-electron chi connectivity index (χ0n) is 12.8. The Hall–Kier alpha value is 0.290. The van der Waals surface area contributed by atoms with Gasteiger partial charge < -0.3 is 10.4 Å². The Morgan fingerprint density at radius 1 is 1.27 bits per heavy atom. The Bertz CT molecular complexity index is 468. The van der Waals surface area contributed by atoms with Crippen LogP contribution in [0.4, 0.5) is 0 Å². The van der Waals surface area contributed by atoms with Crippen molar-refractivity contribution in [2.45, 2.75) is 26.3 Å². The third-order valence-corrected chi connectivity index (χ3v) is 4.70. The van der Waals surface area contributed by atoms with Crippen molar-refractivity contribution in [3.05, 3.63) is 27.2 Å². The molecule has 1 aliphatic rings. The van der Waals surface area contributed by atoms with E-state index in [4.69, 9.17) is 11.6 Å². The van der Waals surface area contributed by atoms with E-state index in [1.54, 1.807) is 6.07 Å². The molecule has 1 aliphatic heterocycles. The fourth-order valence-corrected chi connectivity index (χ4v) is 3.39. The molecule has 1 heterocycles. The van der Waals surface area contributed by atoms with Crippen LogP contribution in [-0.4, -0.2) is 36.2 Å². The molecule has 7 heteroatoms. The van der Waals surface area contributed by atoms with Crippen LogP contribution in [0.1, 0.15) is 31.9 Å². The van der Waals surface area contributed by atoms with Gasteiger partial charge in [0.05, 0.1) is 4.47 Å². The average molecular weight is 435 g/mol. The number of halogens is 4. The van der Waals surface area contributed by atoms with Crippen molar-refractivity contribution in [3.63, 3.8) is 0 Å². The van der Waals surface area contributed by atoms with E-state index >= 15 is 0 Å². The Morgan fingerprint density at radius 3 is 2.41 bits per heavy atom. The quantitative estimate of drug-likeness (QED) is 0.724. The highest BCUT2D eigenvalue weighted by atomic mass is 79.9. The van der Waals surface area contributed by atoms with E-state index in [0.29, 0.717) is 15.4 Å². The predicted molar refractivity (Wildman–Crippen MR) is 102 cm³/mol. The second-order valence-electron chi connectivity index (χ2n) is 5.72. The topological polar surface area (TPSA) is 35.5 Å². The summed E-state index contributed by atoms with van der Waals surface area (Å²) in [6.45, 7) is 8.36. The summed E-state index contributed by atoms with van der Waals surface area (Å²) in [4.78, 5) is 2.42. The molecular weight excluding hydrogens is 410 g/mol. The number of rotatable bonds is 4. The number of aromatic hydroxyl groups is 1. The number of hydrogen-bond donors (Lipinski definition) is 2. The van der Waals surface area contributed by atoms with Crippen LogP contribution in [0.25, 0.3) is 0 Å². The highest BCUT2D eigenvalue weighted by Crippen LogP contribution is 2.42. The van der Waals surface area contributed by atoms with Crippen LogP contribution in [0.2, 0.25) is 5.02 Å². The minimum absolute atomic E-state index is 0. The van der Waals surface area contributed by atoms with Crippen molar-refractivity contribution < 1.29 is 5.11 Å². The molecule has 0 aliphatic carbocycles. The summed E-state index contributed by atoms with van der Waals surface area (Å²) in [6, 6.07) is 3.82. The molecule has 0 spiro atoms. The van der Waals surface area contributed by atoms with Gasteiger partial charge in [-0.05, 0) is 40.4 Å². The largest absolute Gasteiger partial charge is 0.506 e. The monoisotopic (exact) mass is 432 g/mol. The normalized spacial score (nSPS) is 16.8. The van der Waals surface area contributed by atoms with Gasteiger partial charge in [0.1, 0.15) is 5.75 Å². The van der Waals surface area contributed by atoms with Crippen molar-refractivity contribution in [1.29, 1.82) is 0 Å². The van der Waals surface area contributed by atoms with Crippen LogP contribution < -0.4 is 5.32 Å². The van der Waals surface area contributed by atoms with E-state index in [1.165, 1.54) is 0 Å². The Labute approximate surface area is 158 Å². The molecule has 1 fully saturated rings. The molecule has 0 amide bonds. The minimum Gasteiger partial charge on any atom is -0.506 e. The van der Waals surface area contributed by atoms with E-state index in [1.807, 2.05) is 6.07 Å². The average Bonchev–Trinajstić information content (AvgIpc) is 2.43. The Morgan fingerprint density at radius 2 is 1.86 bits per heavy atom. The second kappa shape index (κ2) is 10.2. The standard InChI is InChI=1S/C15H22BrClN2O.2ClH/c1-10(2)9-13(19-7-5-18-6-8-19)14-12(17)4-3-11(16)15(14)20;;/h3-4,10,13,18,20H,5-9H2,1-2H3;2*1H/t13-;;/m0../s1. The van der Waals surface area contributed by atoms with Crippen LogP contribution in [0.15, 0.2) is 16.6 Å². The Balaban J connectivity index is 0.00000220. The fraction of sp³-hybridized carbons (Fsp3) is 0.600. The maximum atomic E-state index is 10.4. The molecule has 0 unspecified atom stereocenters.